The van der Waals surface area contributed by atoms with Gasteiger partial charge in [-0.1, -0.05) is 18.2 Å². The zero-order chi connectivity index (χ0) is 16.9. The number of carbonyl (C=O) groups is 2. The van der Waals surface area contributed by atoms with Crippen LogP contribution in [0.2, 0.25) is 0 Å². The van der Waals surface area contributed by atoms with E-state index in [0.717, 1.165) is 5.56 Å². The average Bonchev–Trinajstić information content (AvgIpc) is 2.62. The molecule has 1 aliphatic rings. The number of amides is 2. The van der Waals surface area contributed by atoms with Crippen LogP contribution < -0.4 is 20.1 Å². The topological polar surface area (TPSA) is 76.7 Å². The van der Waals surface area contributed by atoms with Crippen molar-refractivity contribution in [1.82, 2.24) is 5.32 Å². The molecular formula is C18H18N2O4. The number of fused-ring (bicyclic) bond motifs is 1. The van der Waals surface area contributed by atoms with E-state index in [9.17, 15) is 9.59 Å². The number of carbonyl (C=O) groups excluding carboxylic acids is 2. The van der Waals surface area contributed by atoms with E-state index in [1.807, 2.05) is 12.1 Å². The van der Waals surface area contributed by atoms with Crippen molar-refractivity contribution in [3.8, 4) is 11.5 Å². The maximum Gasteiger partial charge on any atom is 0.259 e. The van der Waals surface area contributed by atoms with Gasteiger partial charge < -0.3 is 20.1 Å². The molecular weight excluding hydrogens is 308 g/mol. The molecule has 1 heterocycles. The van der Waals surface area contributed by atoms with Crippen LogP contribution in [0, 0.1) is 0 Å². The van der Waals surface area contributed by atoms with Crippen LogP contribution in [0.25, 0.3) is 0 Å². The van der Waals surface area contributed by atoms with Gasteiger partial charge >= 0.3 is 0 Å². The standard InChI is InChI=1S/C18H18N2O4/c1-19-16(21)11-12-5-7-13(8-6-12)20-18(22)14-3-2-4-15-17(14)24-10-9-23-15/h2-8H,9-11H2,1H3,(H,19,21)(H,20,22). The maximum absolute atomic E-state index is 12.5. The summed E-state index contributed by atoms with van der Waals surface area (Å²) in [5.41, 5.74) is 1.96. The SMILES string of the molecule is CNC(=O)Cc1ccc(NC(=O)c2cccc3c2OCCO3)cc1. The highest BCUT2D eigenvalue weighted by atomic mass is 16.6. The summed E-state index contributed by atoms with van der Waals surface area (Å²) in [5, 5.41) is 5.40. The molecule has 124 valence electrons. The van der Waals surface area contributed by atoms with Crippen molar-refractivity contribution in [1.29, 1.82) is 0 Å². The number of benzene rings is 2. The van der Waals surface area contributed by atoms with Crippen LogP contribution in [0.1, 0.15) is 15.9 Å². The first kappa shape index (κ1) is 15.9. The fourth-order valence-electron chi connectivity index (χ4n) is 2.43. The number of anilines is 1. The minimum Gasteiger partial charge on any atom is -0.486 e. The monoisotopic (exact) mass is 326 g/mol. The predicted molar refractivity (Wildman–Crippen MR) is 89.6 cm³/mol. The van der Waals surface area contributed by atoms with Crippen LogP contribution >= 0.6 is 0 Å². The smallest absolute Gasteiger partial charge is 0.259 e. The largest absolute Gasteiger partial charge is 0.486 e. The number of hydrogen-bond acceptors (Lipinski definition) is 4. The Morgan fingerprint density at radius 2 is 1.79 bits per heavy atom. The van der Waals surface area contributed by atoms with Crippen LogP contribution in [0.15, 0.2) is 42.5 Å². The predicted octanol–water partition coefficient (Wildman–Crippen LogP) is 2.00. The van der Waals surface area contributed by atoms with Gasteiger partial charge in [-0.3, -0.25) is 9.59 Å². The summed E-state index contributed by atoms with van der Waals surface area (Å²) in [4.78, 5) is 23.8. The molecule has 0 unspecified atom stereocenters. The number of likely N-dealkylation sites (N-methyl/N-ethyl adjacent to an activating group) is 1. The first-order chi connectivity index (χ1) is 11.7. The summed E-state index contributed by atoms with van der Waals surface area (Å²) >= 11 is 0. The summed E-state index contributed by atoms with van der Waals surface area (Å²) in [6.07, 6.45) is 0.308. The van der Waals surface area contributed by atoms with Crippen molar-refractivity contribution in [3.63, 3.8) is 0 Å². The first-order valence-corrected chi connectivity index (χ1v) is 7.67. The Morgan fingerprint density at radius 1 is 1.04 bits per heavy atom. The summed E-state index contributed by atoms with van der Waals surface area (Å²) in [7, 11) is 1.60. The molecule has 6 heteroatoms. The first-order valence-electron chi connectivity index (χ1n) is 7.67. The lowest BCUT2D eigenvalue weighted by Crippen LogP contribution is -2.20. The molecule has 0 radical (unpaired) electrons. The Kier molecular flexibility index (Phi) is 4.65. The fraction of sp³-hybridized carbons (Fsp3) is 0.222. The summed E-state index contributed by atoms with van der Waals surface area (Å²) in [6, 6.07) is 12.4. The molecule has 0 atom stereocenters. The number of para-hydroxylation sites is 1. The highest BCUT2D eigenvalue weighted by molar-refractivity contribution is 6.06. The molecule has 2 aromatic rings. The van der Waals surface area contributed by atoms with Crippen molar-refractivity contribution in [2.45, 2.75) is 6.42 Å². The minimum absolute atomic E-state index is 0.0557. The van der Waals surface area contributed by atoms with Gasteiger partial charge in [-0.15, -0.1) is 0 Å². The van der Waals surface area contributed by atoms with Gasteiger partial charge in [0.25, 0.3) is 5.91 Å². The second kappa shape index (κ2) is 7.04. The quantitative estimate of drug-likeness (QED) is 0.901. The molecule has 1 aliphatic heterocycles. The Balaban J connectivity index is 1.72. The maximum atomic E-state index is 12.5. The highest BCUT2D eigenvalue weighted by Crippen LogP contribution is 2.33. The van der Waals surface area contributed by atoms with Crippen LogP contribution in [-0.2, 0) is 11.2 Å². The normalized spacial score (nSPS) is 12.4. The van der Waals surface area contributed by atoms with Crippen molar-refractivity contribution in [2.75, 3.05) is 25.6 Å². The van der Waals surface area contributed by atoms with E-state index in [1.54, 1.807) is 37.4 Å². The molecule has 0 bridgehead atoms. The minimum atomic E-state index is -0.267. The average molecular weight is 326 g/mol. The molecule has 2 amide bonds. The van der Waals surface area contributed by atoms with Gasteiger partial charge in [-0.25, -0.2) is 0 Å². The Morgan fingerprint density at radius 3 is 2.54 bits per heavy atom. The van der Waals surface area contributed by atoms with Gasteiger partial charge in [-0.05, 0) is 29.8 Å². The molecule has 0 aromatic heterocycles. The lowest BCUT2D eigenvalue weighted by Gasteiger charge is -2.20. The summed E-state index contributed by atoms with van der Waals surface area (Å²) in [6.45, 7) is 0.899. The molecule has 0 saturated carbocycles. The van der Waals surface area contributed by atoms with Crippen LogP contribution in [0.5, 0.6) is 11.5 Å². The zero-order valence-corrected chi connectivity index (χ0v) is 13.3. The lowest BCUT2D eigenvalue weighted by atomic mass is 10.1. The van der Waals surface area contributed by atoms with E-state index in [1.165, 1.54) is 0 Å². The summed E-state index contributed by atoms with van der Waals surface area (Å²) < 4.78 is 11.0. The number of rotatable bonds is 4. The zero-order valence-electron chi connectivity index (χ0n) is 13.3. The molecule has 0 aliphatic carbocycles. The molecule has 2 N–H and O–H groups in total. The van der Waals surface area contributed by atoms with Crippen molar-refractivity contribution >= 4 is 17.5 Å². The van der Waals surface area contributed by atoms with E-state index in [-0.39, 0.29) is 11.8 Å². The molecule has 0 spiro atoms. The molecule has 6 nitrogen and oxygen atoms in total. The number of hydrogen-bond donors (Lipinski definition) is 2. The van der Waals surface area contributed by atoms with Gasteiger partial charge in [0.2, 0.25) is 5.91 Å². The van der Waals surface area contributed by atoms with E-state index >= 15 is 0 Å². The van der Waals surface area contributed by atoms with Crippen LogP contribution in [0.4, 0.5) is 5.69 Å². The Bertz CT molecular complexity index is 756. The Hall–Kier alpha value is -3.02. The molecule has 3 rings (SSSR count). The van der Waals surface area contributed by atoms with E-state index in [0.29, 0.717) is 42.4 Å². The van der Waals surface area contributed by atoms with Gasteiger partial charge in [0.1, 0.15) is 13.2 Å². The van der Waals surface area contributed by atoms with Crippen molar-refractivity contribution < 1.29 is 19.1 Å². The second-order valence-electron chi connectivity index (χ2n) is 5.33. The Labute approximate surface area is 139 Å². The molecule has 0 saturated heterocycles. The van der Waals surface area contributed by atoms with E-state index < -0.39 is 0 Å². The van der Waals surface area contributed by atoms with Gasteiger partial charge in [0.15, 0.2) is 11.5 Å². The number of nitrogens with one attached hydrogen (secondary N) is 2. The third-order valence-electron chi connectivity index (χ3n) is 3.67. The lowest BCUT2D eigenvalue weighted by molar-refractivity contribution is -0.119. The van der Waals surface area contributed by atoms with Crippen LogP contribution in [0.3, 0.4) is 0 Å². The van der Waals surface area contributed by atoms with Gasteiger partial charge in [-0.2, -0.15) is 0 Å². The van der Waals surface area contributed by atoms with Crippen molar-refractivity contribution in [2.24, 2.45) is 0 Å². The third kappa shape index (κ3) is 3.48. The molecule has 24 heavy (non-hydrogen) atoms. The van der Waals surface area contributed by atoms with Gasteiger partial charge in [0.05, 0.1) is 12.0 Å². The molecule has 0 fully saturated rings. The third-order valence-corrected chi connectivity index (χ3v) is 3.67. The fourth-order valence-corrected chi connectivity index (χ4v) is 2.43. The van der Waals surface area contributed by atoms with E-state index in [4.69, 9.17) is 9.47 Å². The summed E-state index contributed by atoms with van der Waals surface area (Å²) in [5.74, 6) is 0.726. The van der Waals surface area contributed by atoms with Gasteiger partial charge in [0, 0.05) is 12.7 Å². The van der Waals surface area contributed by atoms with Crippen LogP contribution in [-0.4, -0.2) is 32.1 Å². The second-order valence-corrected chi connectivity index (χ2v) is 5.33. The number of ether oxygens (including phenoxy) is 2. The van der Waals surface area contributed by atoms with E-state index in [2.05, 4.69) is 10.6 Å². The van der Waals surface area contributed by atoms with Crippen molar-refractivity contribution in [3.05, 3.63) is 53.6 Å². The highest BCUT2D eigenvalue weighted by Gasteiger charge is 2.20. The molecule has 2 aromatic carbocycles.